The third-order valence-corrected chi connectivity index (χ3v) is 2.16. The molecule has 2 N–H and O–H groups in total. The molecule has 2 aromatic rings. The molecule has 0 atom stereocenters. The first-order valence-electron chi connectivity index (χ1n) is 3.65. The predicted molar refractivity (Wildman–Crippen MR) is 57.0 cm³/mol. The summed E-state index contributed by atoms with van der Waals surface area (Å²) >= 11 is 2.14. The van der Waals surface area contributed by atoms with Crippen molar-refractivity contribution in [3.63, 3.8) is 0 Å². The minimum Gasteiger partial charge on any atom is -0.278 e. The zero-order valence-electron chi connectivity index (χ0n) is 6.34. The number of H-pyrrole nitrogens is 1. The molecule has 1 aromatic heterocycles. The van der Waals surface area contributed by atoms with Crippen LogP contribution >= 0.6 is 22.9 Å². The Hall–Kier alpha value is -0.620. The van der Waals surface area contributed by atoms with Gasteiger partial charge in [-0.1, -0.05) is 12.1 Å². The fraction of sp³-hybridized carbons (Fsp3) is 0.125. The van der Waals surface area contributed by atoms with E-state index in [1.807, 2.05) is 6.20 Å². The highest BCUT2D eigenvalue weighted by Crippen LogP contribution is 2.12. The number of aromatic amines is 1. The molecule has 0 aliphatic carbocycles. The molecule has 2 rings (SSSR count). The van der Waals surface area contributed by atoms with Gasteiger partial charge in [-0.15, -0.1) is 0 Å². The maximum absolute atomic E-state index is 3.96. The summed E-state index contributed by atoms with van der Waals surface area (Å²) in [5.74, 6) is 0. The van der Waals surface area contributed by atoms with Crippen LogP contribution in [0.3, 0.4) is 0 Å². The molecule has 0 saturated carbocycles. The van der Waals surface area contributed by atoms with Gasteiger partial charge in [0.15, 0.2) is 0 Å². The Kier molecular flexibility index (Phi) is 2.27. The van der Waals surface area contributed by atoms with Gasteiger partial charge < -0.3 is 0 Å². The fourth-order valence-corrected chi connectivity index (χ4v) is 1.61. The van der Waals surface area contributed by atoms with Gasteiger partial charge in [0.2, 0.25) is 0 Å². The molecular formula is C8H8IN3. The Labute approximate surface area is 84.0 Å². The molecule has 0 saturated heterocycles. The number of rotatable bonds is 2. The van der Waals surface area contributed by atoms with E-state index >= 15 is 0 Å². The summed E-state index contributed by atoms with van der Waals surface area (Å²) in [4.78, 5) is 0. The molecule has 0 amide bonds. The Balaban J connectivity index is 2.46. The Morgan fingerprint density at radius 3 is 3.25 bits per heavy atom. The lowest BCUT2D eigenvalue weighted by Crippen LogP contribution is -1.96. The van der Waals surface area contributed by atoms with Crippen LogP contribution in [0.1, 0.15) is 5.56 Å². The molecule has 0 aliphatic rings. The van der Waals surface area contributed by atoms with E-state index in [1.165, 1.54) is 5.56 Å². The molecule has 1 heterocycles. The van der Waals surface area contributed by atoms with Crippen molar-refractivity contribution in [2.24, 2.45) is 0 Å². The van der Waals surface area contributed by atoms with Crippen LogP contribution < -0.4 is 3.53 Å². The third-order valence-electron chi connectivity index (χ3n) is 1.78. The summed E-state index contributed by atoms with van der Waals surface area (Å²) in [5, 5.41) is 8.05. The number of hydrogen-bond donors (Lipinski definition) is 2. The van der Waals surface area contributed by atoms with Crippen molar-refractivity contribution in [2.75, 3.05) is 0 Å². The summed E-state index contributed by atoms with van der Waals surface area (Å²) in [6.07, 6.45) is 1.83. The first-order valence-corrected chi connectivity index (χ1v) is 4.73. The van der Waals surface area contributed by atoms with Gasteiger partial charge in [-0.25, -0.2) is 0 Å². The Morgan fingerprint density at radius 1 is 1.50 bits per heavy atom. The minimum absolute atomic E-state index is 0.884. The van der Waals surface area contributed by atoms with Gasteiger partial charge in [0.1, 0.15) is 0 Å². The van der Waals surface area contributed by atoms with Gasteiger partial charge in [0, 0.05) is 34.8 Å². The number of aromatic nitrogens is 2. The van der Waals surface area contributed by atoms with E-state index in [0.717, 1.165) is 17.4 Å². The van der Waals surface area contributed by atoms with Gasteiger partial charge >= 0.3 is 0 Å². The third kappa shape index (κ3) is 1.44. The molecule has 0 fully saturated rings. The van der Waals surface area contributed by atoms with Crippen molar-refractivity contribution in [1.82, 2.24) is 13.7 Å². The van der Waals surface area contributed by atoms with Crippen molar-refractivity contribution in [3.05, 3.63) is 30.0 Å². The first kappa shape index (κ1) is 8.00. The normalized spacial score (nSPS) is 10.8. The van der Waals surface area contributed by atoms with Crippen LogP contribution in [0.2, 0.25) is 0 Å². The van der Waals surface area contributed by atoms with Crippen molar-refractivity contribution in [2.45, 2.75) is 6.54 Å². The summed E-state index contributed by atoms with van der Waals surface area (Å²) < 4.78 is 3.08. The van der Waals surface area contributed by atoms with E-state index in [0.29, 0.717) is 0 Å². The van der Waals surface area contributed by atoms with Crippen LogP contribution in [0.25, 0.3) is 10.9 Å². The smallest absolute Gasteiger partial charge is 0.0653 e. The average molecular weight is 273 g/mol. The molecule has 0 bridgehead atoms. The molecule has 3 nitrogen and oxygen atoms in total. The molecule has 0 radical (unpaired) electrons. The highest BCUT2D eigenvalue weighted by molar-refractivity contribution is 14.1. The second-order valence-corrected chi connectivity index (χ2v) is 3.36. The lowest BCUT2D eigenvalue weighted by atomic mass is 10.2. The number of nitrogens with zero attached hydrogens (tertiary/aromatic N) is 1. The SMILES string of the molecule is INCc1ccc2cn[nH]c2c1. The molecule has 1 aromatic carbocycles. The van der Waals surface area contributed by atoms with Crippen LogP contribution in [-0.4, -0.2) is 10.2 Å². The molecule has 0 unspecified atom stereocenters. The van der Waals surface area contributed by atoms with Gasteiger partial charge in [-0.05, 0) is 11.6 Å². The highest BCUT2D eigenvalue weighted by Gasteiger charge is 1.96. The first-order chi connectivity index (χ1) is 5.90. The molecule has 4 heteroatoms. The average Bonchev–Trinajstić information content (AvgIpc) is 2.51. The van der Waals surface area contributed by atoms with Crippen molar-refractivity contribution < 1.29 is 0 Å². The summed E-state index contributed by atoms with van der Waals surface area (Å²) in [6, 6.07) is 6.28. The number of hydrogen-bond acceptors (Lipinski definition) is 2. The molecular weight excluding hydrogens is 265 g/mol. The van der Waals surface area contributed by atoms with E-state index in [1.54, 1.807) is 0 Å². The zero-order chi connectivity index (χ0) is 8.39. The van der Waals surface area contributed by atoms with Crippen LogP contribution in [0.15, 0.2) is 24.4 Å². The monoisotopic (exact) mass is 273 g/mol. The minimum atomic E-state index is 0.884. The number of nitrogens with one attached hydrogen (secondary N) is 2. The molecule has 0 aliphatic heterocycles. The van der Waals surface area contributed by atoms with Gasteiger partial charge in [-0.3, -0.25) is 8.63 Å². The number of benzene rings is 1. The summed E-state index contributed by atoms with van der Waals surface area (Å²) in [5.41, 5.74) is 2.36. The zero-order valence-corrected chi connectivity index (χ0v) is 8.50. The van der Waals surface area contributed by atoms with E-state index in [2.05, 4.69) is 54.8 Å². The van der Waals surface area contributed by atoms with Crippen LogP contribution in [-0.2, 0) is 6.54 Å². The largest absolute Gasteiger partial charge is 0.278 e. The van der Waals surface area contributed by atoms with Gasteiger partial charge in [0.25, 0.3) is 0 Å². The topological polar surface area (TPSA) is 40.7 Å². The Morgan fingerprint density at radius 2 is 2.42 bits per heavy atom. The maximum Gasteiger partial charge on any atom is 0.0653 e. The van der Waals surface area contributed by atoms with Crippen LogP contribution in [0, 0.1) is 0 Å². The molecule has 0 spiro atoms. The molecule has 62 valence electrons. The standard InChI is InChI=1S/C8H8IN3/c9-10-4-6-1-2-7-5-11-12-8(7)3-6/h1-3,5,10H,4H2,(H,11,12). The van der Waals surface area contributed by atoms with E-state index in [-0.39, 0.29) is 0 Å². The summed E-state index contributed by atoms with van der Waals surface area (Å²) in [7, 11) is 0. The quantitative estimate of drug-likeness (QED) is 0.649. The number of fused-ring (bicyclic) bond motifs is 1. The van der Waals surface area contributed by atoms with E-state index in [9.17, 15) is 0 Å². The lowest BCUT2D eigenvalue weighted by Gasteiger charge is -1.97. The maximum atomic E-state index is 3.96. The lowest BCUT2D eigenvalue weighted by molar-refractivity contribution is 1.01. The highest BCUT2D eigenvalue weighted by atomic mass is 127. The molecule has 12 heavy (non-hydrogen) atoms. The van der Waals surface area contributed by atoms with Gasteiger partial charge in [0.05, 0.1) is 11.7 Å². The van der Waals surface area contributed by atoms with Crippen molar-refractivity contribution >= 4 is 33.8 Å². The van der Waals surface area contributed by atoms with Crippen LogP contribution in [0.5, 0.6) is 0 Å². The second kappa shape index (κ2) is 3.40. The second-order valence-electron chi connectivity index (χ2n) is 2.60. The number of halogens is 1. The van der Waals surface area contributed by atoms with E-state index < -0.39 is 0 Å². The fourth-order valence-electron chi connectivity index (χ4n) is 1.17. The van der Waals surface area contributed by atoms with E-state index in [4.69, 9.17) is 0 Å². The van der Waals surface area contributed by atoms with Crippen molar-refractivity contribution in [3.8, 4) is 0 Å². The van der Waals surface area contributed by atoms with Gasteiger partial charge in [-0.2, -0.15) is 5.10 Å². The Bertz CT molecular complexity index is 382. The summed E-state index contributed by atoms with van der Waals surface area (Å²) in [6.45, 7) is 0.884. The van der Waals surface area contributed by atoms with Crippen molar-refractivity contribution in [1.29, 1.82) is 0 Å². The predicted octanol–water partition coefficient (Wildman–Crippen LogP) is 2.00. The van der Waals surface area contributed by atoms with Crippen LogP contribution in [0.4, 0.5) is 0 Å².